The van der Waals surface area contributed by atoms with E-state index < -0.39 is 0 Å². The van der Waals surface area contributed by atoms with Gasteiger partial charge in [0.05, 0.1) is 5.52 Å². The first-order chi connectivity index (χ1) is 12.8. The molecule has 2 saturated heterocycles. The molecular formula is C21H20N4O. The third-order valence-corrected chi connectivity index (χ3v) is 5.46. The molecule has 130 valence electrons. The summed E-state index contributed by atoms with van der Waals surface area (Å²) in [6, 6.07) is 18.5. The van der Waals surface area contributed by atoms with Gasteiger partial charge in [-0.25, -0.2) is 9.97 Å². The number of nitrogens with zero attached hydrogens (tertiary/aromatic N) is 3. The summed E-state index contributed by atoms with van der Waals surface area (Å²) in [5.41, 5.74) is 1.97. The molecule has 26 heavy (non-hydrogen) atoms. The number of hydrogen-bond donors (Lipinski definition) is 1. The lowest BCUT2D eigenvalue weighted by molar-refractivity contribution is -0.119. The van der Waals surface area contributed by atoms with Crippen LogP contribution in [0.2, 0.25) is 0 Å². The Morgan fingerprint density at radius 1 is 1.00 bits per heavy atom. The van der Waals surface area contributed by atoms with Gasteiger partial charge in [-0.3, -0.25) is 4.79 Å². The Labute approximate surface area is 152 Å². The van der Waals surface area contributed by atoms with E-state index in [-0.39, 0.29) is 11.9 Å². The molecule has 1 N–H and O–H groups in total. The summed E-state index contributed by atoms with van der Waals surface area (Å²) in [5.74, 6) is 2.35. The van der Waals surface area contributed by atoms with Crippen LogP contribution in [0.4, 0.5) is 5.82 Å². The number of carbonyl (C=O) groups is 1. The van der Waals surface area contributed by atoms with E-state index in [1.807, 2.05) is 48.5 Å². The fourth-order valence-electron chi connectivity index (χ4n) is 4.12. The van der Waals surface area contributed by atoms with Crippen LogP contribution in [-0.2, 0) is 4.79 Å². The number of amides is 1. The zero-order chi connectivity index (χ0) is 17.5. The van der Waals surface area contributed by atoms with Crippen LogP contribution in [0.15, 0.2) is 54.6 Å². The topological polar surface area (TPSA) is 58.1 Å². The molecule has 3 heterocycles. The van der Waals surface area contributed by atoms with Crippen molar-refractivity contribution in [2.45, 2.75) is 18.9 Å². The van der Waals surface area contributed by atoms with Crippen LogP contribution in [0.3, 0.4) is 0 Å². The Balaban J connectivity index is 1.59. The SMILES string of the molecule is O=C1C[C@H]2CCN(c3nc(-c4ccccc4)nc4ccccc34)C[C@H]2N1. The predicted molar refractivity (Wildman–Crippen MR) is 102 cm³/mol. The normalized spacial score (nSPS) is 22.3. The summed E-state index contributed by atoms with van der Waals surface area (Å²) in [6.45, 7) is 1.73. The molecule has 1 amide bonds. The van der Waals surface area contributed by atoms with Gasteiger partial charge in [0.25, 0.3) is 0 Å². The summed E-state index contributed by atoms with van der Waals surface area (Å²) in [4.78, 5) is 23.8. The maximum absolute atomic E-state index is 11.7. The lowest BCUT2D eigenvalue weighted by Gasteiger charge is -2.35. The van der Waals surface area contributed by atoms with Gasteiger partial charge in [0, 0.05) is 36.5 Å². The standard InChI is InChI=1S/C21H20N4O/c26-19-12-15-10-11-25(13-18(15)22-19)21-16-8-4-5-9-17(16)23-20(24-21)14-6-2-1-3-7-14/h1-9,15,18H,10-13H2,(H,22,26)/t15-,18-/m1/s1. The molecule has 0 saturated carbocycles. The van der Waals surface area contributed by atoms with E-state index in [2.05, 4.69) is 16.3 Å². The van der Waals surface area contributed by atoms with Crippen LogP contribution < -0.4 is 10.2 Å². The van der Waals surface area contributed by atoms with Gasteiger partial charge in [0.15, 0.2) is 5.82 Å². The Hall–Kier alpha value is -2.95. The van der Waals surface area contributed by atoms with Gasteiger partial charge < -0.3 is 10.2 Å². The van der Waals surface area contributed by atoms with Crippen molar-refractivity contribution < 1.29 is 4.79 Å². The first-order valence-corrected chi connectivity index (χ1v) is 9.14. The third kappa shape index (κ3) is 2.60. The molecule has 2 fully saturated rings. The zero-order valence-corrected chi connectivity index (χ0v) is 14.4. The van der Waals surface area contributed by atoms with Gasteiger partial charge in [0.2, 0.25) is 5.91 Å². The fraction of sp³-hybridized carbons (Fsp3) is 0.286. The molecular weight excluding hydrogens is 324 g/mol. The van der Waals surface area contributed by atoms with Gasteiger partial charge in [-0.05, 0) is 24.5 Å². The highest BCUT2D eigenvalue weighted by Crippen LogP contribution is 2.32. The number of hydrogen-bond acceptors (Lipinski definition) is 4. The third-order valence-electron chi connectivity index (χ3n) is 5.46. The van der Waals surface area contributed by atoms with Gasteiger partial charge in [-0.2, -0.15) is 0 Å². The van der Waals surface area contributed by atoms with E-state index in [1.165, 1.54) is 0 Å². The van der Waals surface area contributed by atoms with Crippen molar-refractivity contribution in [2.75, 3.05) is 18.0 Å². The number of fused-ring (bicyclic) bond motifs is 2. The molecule has 0 bridgehead atoms. The molecule has 2 aromatic carbocycles. The van der Waals surface area contributed by atoms with Crippen LogP contribution in [0, 0.1) is 5.92 Å². The number of benzene rings is 2. The number of aromatic nitrogens is 2. The quantitative estimate of drug-likeness (QED) is 0.776. The molecule has 2 atom stereocenters. The smallest absolute Gasteiger partial charge is 0.220 e. The largest absolute Gasteiger partial charge is 0.354 e. The van der Waals surface area contributed by atoms with Crippen LogP contribution in [0.1, 0.15) is 12.8 Å². The fourth-order valence-corrected chi connectivity index (χ4v) is 4.12. The van der Waals surface area contributed by atoms with E-state index in [0.29, 0.717) is 12.3 Å². The zero-order valence-electron chi connectivity index (χ0n) is 14.4. The molecule has 2 aliphatic rings. The number of para-hydroxylation sites is 1. The van der Waals surface area contributed by atoms with E-state index in [9.17, 15) is 4.79 Å². The molecule has 5 nitrogen and oxygen atoms in total. The van der Waals surface area contributed by atoms with E-state index in [4.69, 9.17) is 9.97 Å². The van der Waals surface area contributed by atoms with Crippen LogP contribution in [-0.4, -0.2) is 35.0 Å². The Morgan fingerprint density at radius 3 is 2.69 bits per heavy atom. The summed E-state index contributed by atoms with van der Waals surface area (Å²) in [7, 11) is 0. The predicted octanol–water partition coefficient (Wildman–Crippen LogP) is 3.01. The molecule has 0 radical (unpaired) electrons. The van der Waals surface area contributed by atoms with Gasteiger partial charge in [-0.1, -0.05) is 42.5 Å². The molecule has 1 aromatic heterocycles. The number of nitrogens with one attached hydrogen (secondary N) is 1. The highest BCUT2D eigenvalue weighted by molar-refractivity contribution is 5.91. The average molecular weight is 344 g/mol. The molecule has 0 unspecified atom stereocenters. The number of piperidine rings is 1. The van der Waals surface area contributed by atoms with Crippen molar-refractivity contribution in [1.82, 2.24) is 15.3 Å². The van der Waals surface area contributed by atoms with Crippen molar-refractivity contribution >= 4 is 22.6 Å². The Bertz CT molecular complexity index is 972. The van der Waals surface area contributed by atoms with Crippen molar-refractivity contribution in [2.24, 2.45) is 5.92 Å². The highest BCUT2D eigenvalue weighted by atomic mass is 16.2. The minimum atomic E-state index is 0.180. The monoisotopic (exact) mass is 344 g/mol. The summed E-state index contributed by atoms with van der Waals surface area (Å²) >= 11 is 0. The number of anilines is 1. The molecule has 3 aromatic rings. The second-order valence-corrected chi connectivity index (χ2v) is 7.13. The Morgan fingerprint density at radius 2 is 1.81 bits per heavy atom. The maximum Gasteiger partial charge on any atom is 0.220 e. The molecule has 0 spiro atoms. The summed E-state index contributed by atoms with van der Waals surface area (Å²) < 4.78 is 0. The molecule has 5 rings (SSSR count). The maximum atomic E-state index is 11.7. The first-order valence-electron chi connectivity index (χ1n) is 9.14. The van der Waals surface area contributed by atoms with E-state index >= 15 is 0 Å². The average Bonchev–Trinajstić information content (AvgIpc) is 3.07. The lowest BCUT2D eigenvalue weighted by atomic mass is 9.92. The first kappa shape index (κ1) is 15.3. The molecule has 2 aliphatic heterocycles. The van der Waals surface area contributed by atoms with E-state index in [0.717, 1.165) is 47.6 Å². The Kier molecular flexibility index (Phi) is 3.59. The van der Waals surface area contributed by atoms with Gasteiger partial charge in [-0.15, -0.1) is 0 Å². The summed E-state index contributed by atoms with van der Waals surface area (Å²) in [5, 5.41) is 4.19. The van der Waals surface area contributed by atoms with Crippen LogP contribution in [0.5, 0.6) is 0 Å². The van der Waals surface area contributed by atoms with Crippen molar-refractivity contribution in [3.05, 3.63) is 54.6 Å². The van der Waals surface area contributed by atoms with Crippen molar-refractivity contribution in [3.8, 4) is 11.4 Å². The minimum Gasteiger partial charge on any atom is -0.354 e. The van der Waals surface area contributed by atoms with Gasteiger partial charge in [0.1, 0.15) is 5.82 Å². The molecule has 0 aliphatic carbocycles. The highest BCUT2D eigenvalue weighted by Gasteiger charge is 2.37. The second-order valence-electron chi connectivity index (χ2n) is 7.13. The lowest BCUT2D eigenvalue weighted by Crippen LogP contribution is -2.47. The minimum absolute atomic E-state index is 0.180. The second kappa shape index (κ2) is 6.09. The van der Waals surface area contributed by atoms with Crippen molar-refractivity contribution in [3.63, 3.8) is 0 Å². The summed E-state index contributed by atoms with van der Waals surface area (Å²) in [6.07, 6.45) is 1.68. The molecule has 5 heteroatoms. The van der Waals surface area contributed by atoms with Gasteiger partial charge >= 0.3 is 0 Å². The van der Waals surface area contributed by atoms with Crippen molar-refractivity contribution in [1.29, 1.82) is 0 Å². The number of rotatable bonds is 2. The van der Waals surface area contributed by atoms with Crippen LogP contribution >= 0.6 is 0 Å². The van der Waals surface area contributed by atoms with E-state index in [1.54, 1.807) is 0 Å². The van der Waals surface area contributed by atoms with Crippen LogP contribution in [0.25, 0.3) is 22.3 Å². The number of carbonyl (C=O) groups excluding carboxylic acids is 1.